The lowest BCUT2D eigenvalue weighted by Gasteiger charge is -2.24. The van der Waals surface area contributed by atoms with Crippen LogP contribution in [0.1, 0.15) is 39.8 Å². The Hall–Kier alpha value is -1.29. The second-order valence-electron chi connectivity index (χ2n) is 6.58. The molecule has 5 atom stereocenters. The van der Waals surface area contributed by atoms with Gasteiger partial charge in [-0.2, -0.15) is 0 Å². The van der Waals surface area contributed by atoms with E-state index in [0.717, 1.165) is 0 Å². The van der Waals surface area contributed by atoms with Crippen molar-refractivity contribution in [1.82, 2.24) is 9.55 Å². The van der Waals surface area contributed by atoms with Gasteiger partial charge in [-0.1, -0.05) is 6.92 Å². The Kier molecular flexibility index (Phi) is 8.18. The lowest BCUT2D eigenvalue weighted by Crippen LogP contribution is -2.38. The van der Waals surface area contributed by atoms with Crippen LogP contribution >= 0.6 is 7.60 Å². The first-order valence-electron chi connectivity index (χ1n) is 9.34. The number of nitrogens with zero attached hydrogens (tertiary/aromatic N) is 1. The molecule has 1 aromatic rings. The Bertz CT molecular complexity index is 784. The predicted molar refractivity (Wildman–Crippen MR) is 102 cm³/mol. The van der Waals surface area contributed by atoms with Crippen LogP contribution in [0.5, 0.6) is 0 Å². The first-order valence-corrected chi connectivity index (χ1v) is 10.9. The molecule has 1 aliphatic rings. The van der Waals surface area contributed by atoms with Crippen LogP contribution in [0.25, 0.3) is 0 Å². The second-order valence-corrected chi connectivity index (χ2v) is 9.05. The van der Waals surface area contributed by atoms with Crippen LogP contribution in [0.3, 0.4) is 0 Å². The molecule has 2 rings (SSSR count). The summed E-state index contributed by atoms with van der Waals surface area (Å²) in [6.07, 6.45) is -1.25. The summed E-state index contributed by atoms with van der Waals surface area (Å²) >= 11 is 0. The van der Waals surface area contributed by atoms with Gasteiger partial charge in [0.05, 0.1) is 25.0 Å². The van der Waals surface area contributed by atoms with Crippen molar-refractivity contribution in [2.24, 2.45) is 0 Å². The molecule has 11 heteroatoms. The number of ether oxygens (including phenoxy) is 2. The molecule has 1 saturated heterocycles. The SMILES string of the molecule is CCOP(=O)(OCC)C(C)CCC1OC(n2ccc(=O)[nH]c2=O)C(OC)C1O. The fraction of sp³-hybridized carbons (Fsp3) is 0.765. The van der Waals surface area contributed by atoms with E-state index >= 15 is 0 Å². The summed E-state index contributed by atoms with van der Waals surface area (Å²) in [7, 11) is -1.85. The summed E-state index contributed by atoms with van der Waals surface area (Å²) in [5.41, 5.74) is -1.57. The van der Waals surface area contributed by atoms with Crippen LogP contribution < -0.4 is 11.2 Å². The third-order valence-corrected chi connectivity index (χ3v) is 7.31. The van der Waals surface area contributed by atoms with Gasteiger partial charge in [-0.05, 0) is 26.7 Å². The van der Waals surface area contributed by atoms with Gasteiger partial charge in [-0.25, -0.2) is 4.79 Å². The minimum Gasteiger partial charge on any atom is -0.388 e. The van der Waals surface area contributed by atoms with Crippen molar-refractivity contribution in [2.45, 2.75) is 63.8 Å². The molecular formula is C17H29N2O8P. The van der Waals surface area contributed by atoms with Crippen LogP contribution in [0, 0.1) is 0 Å². The zero-order chi connectivity index (χ0) is 20.9. The molecule has 2 N–H and O–H groups in total. The molecule has 5 unspecified atom stereocenters. The number of rotatable bonds is 10. The molecule has 10 nitrogen and oxygen atoms in total. The highest BCUT2D eigenvalue weighted by atomic mass is 31.2. The molecule has 0 radical (unpaired) electrons. The molecule has 1 fully saturated rings. The molecule has 0 aromatic carbocycles. The quantitative estimate of drug-likeness (QED) is 0.541. The summed E-state index contributed by atoms with van der Waals surface area (Å²) in [4.78, 5) is 25.5. The Labute approximate surface area is 163 Å². The Morgan fingerprint density at radius 2 is 1.96 bits per heavy atom. The summed E-state index contributed by atoms with van der Waals surface area (Å²) in [6.45, 7) is 5.81. The van der Waals surface area contributed by atoms with E-state index in [1.807, 2.05) is 0 Å². The molecule has 2 heterocycles. The van der Waals surface area contributed by atoms with E-state index in [1.54, 1.807) is 20.8 Å². The topological polar surface area (TPSA) is 129 Å². The molecule has 1 aromatic heterocycles. The molecule has 0 bridgehead atoms. The lowest BCUT2D eigenvalue weighted by atomic mass is 10.0. The minimum absolute atomic E-state index is 0.271. The maximum absolute atomic E-state index is 12.8. The highest BCUT2D eigenvalue weighted by Crippen LogP contribution is 2.54. The van der Waals surface area contributed by atoms with Crippen molar-refractivity contribution in [3.8, 4) is 0 Å². The van der Waals surface area contributed by atoms with E-state index in [-0.39, 0.29) is 18.9 Å². The highest BCUT2D eigenvalue weighted by molar-refractivity contribution is 7.54. The maximum Gasteiger partial charge on any atom is 0.333 e. The molecule has 0 amide bonds. The number of aliphatic hydroxyl groups excluding tert-OH is 1. The van der Waals surface area contributed by atoms with E-state index in [4.69, 9.17) is 18.5 Å². The van der Waals surface area contributed by atoms with E-state index < -0.39 is 43.4 Å². The van der Waals surface area contributed by atoms with Crippen LogP contribution in [-0.2, 0) is 23.1 Å². The molecule has 0 aliphatic carbocycles. The Morgan fingerprint density at radius 3 is 2.50 bits per heavy atom. The molecule has 0 saturated carbocycles. The second kappa shape index (κ2) is 9.96. The van der Waals surface area contributed by atoms with Crippen molar-refractivity contribution >= 4 is 7.60 Å². The third kappa shape index (κ3) is 5.00. The van der Waals surface area contributed by atoms with E-state index in [2.05, 4.69) is 4.98 Å². The van der Waals surface area contributed by atoms with Crippen LogP contribution in [0.2, 0.25) is 0 Å². The van der Waals surface area contributed by atoms with Crippen LogP contribution in [-0.4, -0.2) is 59.0 Å². The van der Waals surface area contributed by atoms with Gasteiger partial charge in [0.25, 0.3) is 5.56 Å². The predicted octanol–water partition coefficient (Wildman–Crippen LogP) is 1.24. The van der Waals surface area contributed by atoms with Gasteiger partial charge >= 0.3 is 13.3 Å². The molecule has 28 heavy (non-hydrogen) atoms. The normalized spacial score (nSPS) is 26.5. The zero-order valence-electron chi connectivity index (χ0n) is 16.6. The van der Waals surface area contributed by atoms with Gasteiger partial charge in [0.1, 0.15) is 12.2 Å². The van der Waals surface area contributed by atoms with Crippen LogP contribution in [0.4, 0.5) is 0 Å². The summed E-state index contributed by atoms with van der Waals surface area (Å²) in [5, 5.41) is 10.6. The van der Waals surface area contributed by atoms with Crippen molar-refractivity contribution < 1.29 is 28.2 Å². The summed E-state index contributed by atoms with van der Waals surface area (Å²) in [5.74, 6) is 0. The monoisotopic (exact) mass is 420 g/mol. The fourth-order valence-electron chi connectivity index (χ4n) is 3.28. The number of aromatic nitrogens is 2. The molecule has 0 spiro atoms. The lowest BCUT2D eigenvalue weighted by molar-refractivity contribution is -0.0551. The molecule has 160 valence electrons. The zero-order valence-corrected chi connectivity index (χ0v) is 17.5. The first-order chi connectivity index (χ1) is 13.3. The molecular weight excluding hydrogens is 391 g/mol. The van der Waals surface area contributed by atoms with Crippen molar-refractivity contribution in [2.75, 3.05) is 20.3 Å². The Balaban J connectivity index is 2.11. The van der Waals surface area contributed by atoms with Crippen molar-refractivity contribution in [1.29, 1.82) is 0 Å². The van der Waals surface area contributed by atoms with Gasteiger partial charge in [0.15, 0.2) is 6.23 Å². The number of nitrogens with one attached hydrogen (secondary N) is 1. The van der Waals surface area contributed by atoms with E-state index in [1.165, 1.54) is 23.9 Å². The van der Waals surface area contributed by atoms with Gasteiger partial charge < -0.3 is 23.6 Å². The first kappa shape index (κ1) is 23.0. The number of H-pyrrole nitrogens is 1. The van der Waals surface area contributed by atoms with Gasteiger partial charge in [-0.3, -0.25) is 18.9 Å². The number of hydrogen-bond donors (Lipinski definition) is 2. The van der Waals surface area contributed by atoms with E-state index in [9.17, 15) is 19.3 Å². The smallest absolute Gasteiger partial charge is 0.333 e. The number of aromatic amines is 1. The number of methoxy groups -OCH3 is 1. The van der Waals surface area contributed by atoms with Crippen LogP contribution in [0.15, 0.2) is 21.9 Å². The van der Waals surface area contributed by atoms with Gasteiger partial charge in [0, 0.05) is 19.4 Å². The summed E-state index contributed by atoms with van der Waals surface area (Å²) < 4.78 is 35.9. The standard InChI is InChI=1S/C17H29N2O8P/c1-5-25-28(23,26-6-2)11(3)7-8-12-14(21)15(24-4)16(27-12)19-10-9-13(20)18-17(19)22/h9-12,14-16,21H,5-8H2,1-4H3,(H,18,20,22). The Morgan fingerprint density at radius 1 is 1.32 bits per heavy atom. The average Bonchev–Trinajstić information content (AvgIpc) is 2.95. The van der Waals surface area contributed by atoms with E-state index in [0.29, 0.717) is 12.8 Å². The third-order valence-electron chi connectivity index (χ3n) is 4.74. The number of aliphatic hydroxyl groups is 1. The van der Waals surface area contributed by atoms with Gasteiger partial charge in [0.2, 0.25) is 0 Å². The maximum atomic E-state index is 12.8. The van der Waals surface area contributed by atoms with Crippen molar-refractivity contribution in [3.63, 3.8) is 0 Å². The van der Waals surface area contributed by atoms with Crippen molar-refractivity contribution in [3.05, 3.63) is 33.1 Å². The summed E-state index contributed by atoms with van der Waals surface area (Å²) in [6, 6.07) is 1.19. The number of hydrogen-bond acceptors (Lipinski definition) is 8. The van der Waals surface area contributed by atoms with Gasteiger partial charge in [-0.15, -0.1) is 0 Å². The minimum atomic E-state index is -3.26. The largest absolute Gasteiger partial charge is 0.388 e. The highest BCUT2D eigenvalue weighted by Gasteiger charge is 2.45. The molecule has 1 aliphatic heterocycles. The fourth-order valence-corrected chi connectivity index (χ4v) is 5.05. The average molecular weight is 420 g/mol.